The van der Waals surface area contributed by atoms with Gasteiger partial charge in [-0.15, -0.1) is 0 Å². The molecule has 0 unspecified atom stereocenters. The van der Waals surface area contributed by atoms with Crippen LogP contribution in [-0.4, -0.2) is 22.8 Å². The van der Waals surface area contributed by atoms with Gasteiger partial charge in [0.1, 0.15) is 17.6 Å². The molecular weight excluding hydrogens is 289 g/mol. The number of aromatic nitrogens is 1. The molecule has 1 aromatic carbocycles. The van der Waals surface area contributed by atoms with Gasteiger partial charge in [-0.25, -0.2) is 4.39 Å². The van der Waals surface area contributed by atoms with E-state index in [1.54, 1.807) is 13.8 Å². The third-order valence-corrected chi connectivity index (χ3v) is 3.32. The summed E-state index contributed by atoms with van der Waals surface area (Å²) in [4.78, 5) is 38.0. The van der Waals surface area contributed by atoms with Crippen LogP contribution in [0, 0.1) is 11.7 Å². The second kappa shape index (κ2) is 5.97. The maximum absolute atomic E-state index is 13.8. The average molecular weight is 305 g/mol. The molecule has 0 bridgehead atoms. The number of primary amides is 1. The molecule has 2 amide bonds. The van der Waals surface area contributed by atoms with Crippen LogP contribution in [0.25, 0.3) is 10.9 Å². The fraction of sp³-hybridized carbons (Fsp3) is 0.267. The van der Waals surface area contributed by atoms with Gasteiger partial charge in [-0.2, -0.15) is 0 Å². The second-order valence-electron chi connectivity index (χ2n) is 5.31. The van der Waals surface area contributed by atoms with Crippen LogP contribution in [0.4, 0.5) is 4.39 Å². The number of nitrogens with one attached hydrogen (secondary N) is 2. The fourth-order valence-electron chi connectivity index (χ4n) is 2.14. The van der Waals surface area contributed by atoms with Gasteiger partial charge in [0.15, 0.2) is 5.43 Å². The van der Waals surface area contributed by atoms with Crippen LogP contribution < -0.4 is 16.5 Å². The van der Waals surface area contributed by atoms with Gasteiger partial charge in [0.25, 0.3) is 5.91 Å². The number of nitrogens with two attached hydrogens (primary N) is 1. The molecule has 0 saturated heterocycles. The molecule has 0 aliphatic rings. The zero-order valence-corrected chi connectivity index (χ0v) is 12.1. The van der Waals surface area contributed by atoms with Crippen molar-refractivity contribution in [3.8, 4) is 0 Å². The minimum atomic E-state index is -0.882. The number of hydrogen-bond donors (Lipinski definition) is 3. The third-order valence-electron chi connectivity index (χ3n) is 3.32. The Bertz CT molecular complexity index is 798. The van der Waals surface area contributed by atoms with Gasteiger partial charge < -0.3 is 16.0 Å². The molecule has 0 aliphatic heterocycles. The largest absolute Gasteiger partial charge is 0.368 e. The van der Waals surface area contributed by atoms with Crippen molar-refractivity contribution in [1.82, 2.24) is 10.3 Å². The SMILES string of the molecule is CC(C)[C@@H](NC(=O)c1cc(=O)c2cccc(F)c2[nH]1)C(N)=O. The predicted octanol–water partition coefficient (Wildman–Crippen LogP) is 0.907. The summed E-state index contributed by atoms with van der Waals surface area (Å²) in [5.74, 6) is -2.23. The van der Waals surface area contributed by atoms with E-state index in [-0.39, 0.29) is 22.5 Å². The summed E-state index contributed by atoms with van der Waals surface area (Å²) in [6.07, 6.45) is 0. The highest BCUT2D eigenvalue weighted by atomic mass is 19.1. The van der Waals surface area contributed by atoms with E-state index < -0.39 is 29.1 Å². The first-order valence-corrected chi connectivity index (χ1v) is 6.73. The molecule has 6 nitrogen and oxygen atoms in total. The molecule has 4 N–H and O–H groups in total. The molecule has 1 atom stereocenters. The van der Waals surface area contributed by atoms with Crippen LogP contribution in [0.15, 0.2) is 29.1 Å². The molecule has 0 radical (unpaired) electrons. The van der Waals surface area contributed by atoms with Crippen LogP contribution in [-0.2, 0) is 4.79 Å². The van der Waals surface area contributed by atoms with Crippen LogP contribution >= 0.6 is 0 Å². The number of fused-ring (bicyclic) bond motifs is 1. The quantitative estimate of drug-likeness (QED) is 0.781. The zero-order chi connectivity index (χ0) is 16.4. The molecule has 0 fully saturated rings. The van der Waals surface area contributed by atoms with Gasteiger partial charge >= 0.3 is 0 Å². The molecule has 2 rings (SSSR count). The lowest BCUT2D eigenvalue weighted by Gasteiger charge is -2.18. The topological polar surface area (TPSA) is 105 Å². The number of aromatic amines is 1. The highest BCUT2D eigenvalue weighted by Gasteiger charge is 2.23. The van der Waals surface area contributed by atoms with Gasteiger partial charge in [0.2, 0.25) is 5.91 Å². The molecule has 2 aromatic rings. The zero-order valence-electron chi connectivity index (χ0n) is 12.1. The first kappa shape index (κ1) is 15.7. The van der Waals surface area contributed by atoms with Crippen molar-refractivity contribution < 1.29 is 14.0 Å². The van der Waals surface area contributed by atoms with Crippen LogP contribution in [0.3, 0.4) is 0 Å². The minimum Gasteiger partial charge on any atom is -0.368 e. The second-order valence-corrected chi connectivity index (χ2v) is 5.31. The van der Waals surface area contributed by atoms with E-state index in [0.29, 0.717) is 0 Å². The lowest BCUT2D eigenvalue weighted by Crippen LogP contribution is -2.48. The summed E-state index contributed by atoms with van der Waals surface area (Å²) in [5.41, 5.74) is 4.55. The van der Waals surface area contributed by atoms with E-state index in [1.165, 1.54) is 18.2 Å². The van der Waals surface area contributed by atoms with E-state index >= 15 is 0 Å². The lowest BCUT2D eigenvalue weighted by atomic mass is 10.0. The number of H-pyrrole nitrogens is 1. The number of carbonyl (C=O) groups excluding carboxylic acids is 2. The van der Waals surface area contributed by atoms with Crippen LogP contribution in [0.5, 0.6) is 0 Å². The van der Waals surface area contributed by atoms with E-state index in [2.05, 4.69) is 10.3 Å². The van der Waals surface area contributed by atoms with Gasteiger partial charge in [0, 0.05) is 11.5 Å². The molecule has 0 aliphatic carbocycles. The molecule has 0 saturated carbocycles. The van der Waals surface area contributed by atoms with Crippen molar-refractivity contribution in [2.24, 2.45) is 11.7 Å². The molecule has 22 heavy (non-hydrogen) atoms. The van der Waals surface area contributed by atoms with Crippen molar-refractivity contribution in [2.45, 2.75) is 19.9 Å². The Labute approximate surface area is 125 Å². The minimum absolute atomic E-state index is 0.0553. The number of para-hydroxylation sites is 1. The van der Waals surface area contributed by atoms with Gasteiger partial charge in [-0.1, -0.05) is 19.9 Å². The van der Waals surface area contributed by atoms with Crippen LogP contribution in [0.2, 0.25) is 0 Å². The standard InChI is InChI=1S/C15H16FN3O3/c1-7(2)12(14(17)21)19-15(22)10-6-11(20)8-4-3-5-9(16)13(8)18-10/h3-7,12H,1-2H3,(H2,17,21)(H,18,20)(H,19,22)/t12-/m1/s1. The van der Waals surface area contributed by atoms with Crippen LogP contribution in [0.1, 0.15) is 24.3 Å². The van der Waals surface area contributed by atoms with Gasteiger partial charge in [-0.05, 0) is 18.1 Å². The third kappa shape index (κ3) is 2.98. The van der Waals surface area contributed by atoms with E-state index in [4.69, 9.17) is 5.73 Å². The monoisotopic (exact) mass is 305 g/mol. The number of hydrogen-bond acceptors (Lipinski definition) is 3. The first-order valence-electron chi connectivity index (χ1n) is 6.73. The lowest BCUT2D eigenvalue weighted by molar-refractivity contribution is -0.120. The molecule has 1 aromatic heterocycles. The molecule has 0 spiro atoms. The number of carbonyl (C=O) groups is 2. The fourth-order valence-corrected chi connectivity index (χ4v) is 2.14. The highest BCUT2D eigenvalue weighted by Crippen LogP contribution is 2.12. The van der Waals surface area contributed by atoms with E-state index in [0.717, 1.165) is 6.07 Å². The summed E-state index contributed by atoms with van der Waals surface area (Å²) < 4.78 is 13.8. The van der Waals surface area contributed by atoms with E-state index in [1.807, 2.05) is 0 Å². The Hall–Kier alpha value is -2.70. The normalized spacial score (nSPS) is 12.4. The maximum Gasteiger partial charge on any atom is 0.268 e. The number of rotatable bonds is 4. The van der Waals surface area contributed by atoms with Crippen molar-refractivity contribution in [2.75, 3.05) is 0 Å². The van der Waals surface area contributed by atoms with Crippen molar-refractivity contribution in [3.05, 3.63) is 46.0 Å². The Morgan fingerprint density at radius 2 is 2.00 bits per heavy atom. The number of amides is 2. The summed E-state index contributed by atoms with van der Waals surface area (Å²) in [6.45, 7) is 3.44. The maximum atomic E-state index is 13.8. The summed E-state index contributed by atoms with van der Waals surface area (Å²) in [5, 5.41) is 2.58. The molecule has 1 heterocycles. The predicted molar refractivity (Wildman–Crippen MR) is 79.8 cm³/mol. The van der Waals surface area contributed by atoms with Crippen molar-refractivity contribution in [3.63, 3.8) is 0 Å². The Kier molecular flexibility index (Phi) is 4.25. The number of benzene rings is 1. The van der Waals surface area contributed by atoms with Crippen molar-refractivity contribution in [1.29, 1.82) is 0 Å². The van der Waals surface area contributed by atoms with Gasteiger partial charge in [-0.3, -0.25) is 14.4 Å². The highest BCUT2D eigenvalue weighted by molar-refractivity contribution is 5.97. The summed E-state index contributed by atoms with van der Waals surface area (Å²) in [6, 6.07) is 4.23. The summed E-state index contributed by atoms with van der Waals surface area (Å²) in [7, 11) is 0. The summed E-state index contributed by atoms with van der Waals surface area (Å²) >= 11 is 0. The average Bonchev–Trinajstić information content (AvgIpc) is 2.44. The Morgan fingerprint density at radius 1 is 1.32 bits per heavy atom. The number of pyridine rings is 1. The Balaban J connectivity index is 2.43. The van der Waals surface area contributed by atoms with Crippen molar-refractivity contribution >= 4 is 22.7 Å². The van der Waals surface area contributed by atoms with E-state index in [9.17, 15) is 18.8 Å². The molecule has 7 heteroatoms. The molecule has 116 valence electrons. The van der Waals surface area contributed by atoms with Gasteiger partial charge in [0.05, 0.1) is 5.52 Å². The molecular formula is C15H16FN3O3. The Morgan fingerprint density at radius 3 is 2.59 bits per heavy atom. The first-order chi connectivity index (χ1) is 10.3. The smallest absolute Gasteiger partial charge is 0.268 e. The number of halogens is 1.